The molecule has 2 aliphatic heterocycles. The molecule has 1 amide bonds. The van der Waals surface area contributed by atoms with Crippen LogP contribution in [0, 0.1) is 5.82 Å². The fraction of sp³-hybridized carbons (Fsp3) is 0.412. The summed E-state index contributed by atoms with van der Waals surface area (Å²) in [6.07, 6.45) is 4.84. The molecule has 25 heavy (non-hydrogen) atoms. The predicted molar refractivity (Wildman–Crippen MR) is 98.9 cm³/mol. The first-order chi connectivity index (χ1) is 11.6. The molecule has 0 saturated carbocycles. The third-order valence-electron chi connectivity index (χ3n) is 4.85. The molecule has 134 valence electrons. The van der Waals surface area contributed by atoms with Crippen LogP contribution >= 0.6 is 28.3 Å². The number of nitrogens with one attached hydrogen (secondary N) is 1. The molecule has 2 aromatic rings. The number of benzene rings is 1. The summed E-state index contributed by atoms with van der Waals surface area (Å²) in [4.78, 5) is 15.1. The fourth-order valence-electron chi connectivity index (χ4n) is 3.66. The second-order valence-corrected chi connectivity index (χ2v) is 7.19. The van der Waals surface area contributed by atoms with E-state index in [1.54, 1.807) is 23.0 Å². The van der Waals surface area contributed by atoms with Gasteiger partial charge in [-0.15, -0.1) is 12.4 Å². The number of amides is 1. The molecule has 0 radical (unpaired) electrons. The molecule has 2 aliphatic rings. The van der Waals surface area contributed by atoms with Crippen molar-refractivity contribution < 1.29 is 9.18 Å². The first-order valence-electron chi connectivity index (χ1n) is 8.18. The van der Waals surface area contributed by atoms with Gasteiger partial charge in [-0.25, -0.2) is 9.07 Å². The van der Waals surface area contributed by atoms with Gasteiger partial charge in [0.15, 0.2) is 5.69 Å². The van der Waals surface area contributed by atoms with E-state index in [0.29, 0.717) is 16.2 Å². The second-order valence-electron chi connectivity index (χ2n) is 6.34. The van der Waals surface area contributed by atoms with E-state index < -0.39 is 0 Å². The zero-order valence-corrected chi connectivity index (χ0v) is 15.9. The highest BCUT2D eigenvalue weighted by Crippen LogP contribution is 2.31. The van der Waals surface area contributed by atoms with Crippen LogP contribution < -0.4 is 5.32 Å². The Hall–Kier alpha value is -1.44. The molecule has 2 unspecified atom stereocenters. The van der Waals surface area contributed by atoms with Crippen LogP contribution in [0.15, 0.2) is 34.9 Å². The smallest absolute Gasteiger partial charge is 0.276 e. The van der Waals surface area contributed by atoms with Gasteiger partial charge >= 0.3 is 0 Å². The number of nitrogens with zero attached hydrogens (tertiary/aromatic N) is 3. The average molecular weight is 430 g/mol. The number of halogens is 3. The Morgan fingerprint density at radius 3 is 2.68 bits per heavy atom. The SMILES string of the molecule is Cl.O=C(c1nn(-c2ccc(F)cc2)cc1Br)N1C2CCNCC1CC2. The molecule has 1 aromatic carbocycles. The monoisotopic (exact) mass is 428 g/mol. The van der Waals surface area contributed by atoms with Crippen LogP contribution in [0.2, 0.25) is 0 Å². The molecule has 2 atom stereocenters. The summed E-state index contributed by atoms with van der Waals surface area (Å²) in [6.45, 7) is 1.80. The Kier molecular flexibility index (Phi) is 5.46. The first kappa shape index (κ1) is 18.4. The largest absolute Gasteiger partial charge is 0.330 e. The maximum Gasteiger partial charge on any atom is 0.276 e. The molecule has 5 nitrogen and oxygen atoms in total. The Labute approximate surface area is 160 Å². The molecule has 2 saturated heterocycles. The van der Waals surface area contributed by atoms with Crippen LogP contribution in [0.3, 0.4) is 0 Å². The quantitative estimate of drug-likeness (QED) is 0.798. The van der Waals surface area contributed by atoms with E-state index in [4.69, 9.17) is 0 Å². The van der Waals surface area contributed by atoms with Crippen LogP contribution in [0.4, 0.5) is 4.39 Å². The summed E-state index contributed by atoms with van der Waals surface area (Å²) in [5.74, 6) is -0.325. The van der Waals surface area contributed by atoms with E-state index in [1.165, 1.54) is 12.1 Å². The fourth-order valence-corrected chi connectivity index (χ4v) is 4.10. The highest BCUT2D eigenvalue weighted by atomic mass is 79.9. The number of carbonyl (C=O) groups is 1. The van der Waals surface area contributed by atoms with Gasteiger partial charge < -0.3 is 10.2 Å². The lowest BCUT2D eigenvalue weighted by Gasteiger charge is -2.27. The molecule has 8 heteroatoms. The van der Waals surface area contributed by atoms with Crippen molar-refractivity contribution in [3.8, 4) is 5.69 Å². The van der Waals surface area contributed by atoms with Gasteiger partial charge in [0.1, 0.15) is 5.82 Å². The van der Waals surface area contributed by atoms with Gasteiger partial charge in [-0.3, -0.25) is 4.79 Å². The van der Waals surface area contributed by atoms with E-state index in [-0.39, 0.29) is 30.2 Å². The number of fused-ring (bicyclic) bond motifs is 2. The van der Waals surface area contributed by atoms with E-state index in [1.807, 2.05) is 4.90 Å². The standard InChI is InChI=1S/C17H18BrFN4O.ClH/c18-15-10-22(12-3-1-11(19)2-4-12)21-16(15)17(24)23-13-5-6-14(23)9-20-8-7-13;/h1-4,10,13-14,20H,5-9H2;1H. The van der Waals surface area contributed by atoms with Gasteiger partial charge in [-0.05, 0) is 66.0 Å². The van der Waals surface area contributed by atoms with E-state index >= 15 is 0 Å². The third kappa shape index (κ3) is 3.45. The van der Waals surface area contributed by atoms with Crippen molar-refractivity contribution in [2.24, 2.45) is 0 Å². The maximum atomic E-state index is 13.1. The van der Waals surface area contributed by atoms with E-state index in [9.17, 15) is 9.18 Å². The van der Waals surface area contributed by atoms with Crippen LogP contribution in [0.5, 0.6) is 0 Å². The van der Waals surface area contributed by atoms with Gasteiger partial charge in [0.25, 0.3) is 5.91 Å². The van der Waals surface area contributed by atoms with E-state index in [0.717, 1.165) is 38.0 Å². The van der Waals surface area contributed by atoms with Crippen molar-refractivity contribution in [1.82, 2.24) is 20.0 Å². The third-order valence-corrected chi connectivity index (χ3v) is 5.43. The lowest BCUT2D eigenvalue weighted by molar-refractivity contribution is 0.0672. The topological polar surface area (TPSA) is 50.2 Å². The Morgan fingerprint density at radius 2 is 1.92 bits per heavy atom. The lowest BCUT2D eigenvalue weighted by atomic mass is 10.1. The minimum atomic E-state index is -0.296. The lowest BCUT2D eigenvalue weighted by Crippen LogP contribution is -2.42. The van der Waals surface area contributed by atoms with Crippen molar-refractivity contribution in [3.05, 3.63) is 46.4 Å². The summed E-state index contributed by atoms with van der Waals surface area (Å²) >= 11 is 3.46. The summed E-state index contributed by atoms with van der Waals surface area (Å²) in [7, 11) is 0. The predicted octanol–water partition coefficient (Wildman–Crippen LogP) is 3.16. The van der Waals surface area contributed by atoms with Crippen LogP contribution in [0.1, 0.15) is 29.8 Å². The summed E-state index contributed by atoms with van der Waals surface area (Å²) < 4.78 is 15.4. The zero-order chi connectivity index (χ0) is 16.7. The van der Waals surface area contributed by atoms with Crippen molar-refractivity contribution in [1.29, 1.82) is 0 Å². The summed E-state index contributed by atoms with van der Waals surface area (Å²) in [5, 5.41) is 7.85. The number of hydrogen-bond acceptors (Lipinski definition) is 3. The number of aromatic nitrogens is 2. The van der Waals surface area contributed by atoms with Crippen LogP contribution in [0.25, 0.3) is 5.69 Å². The van der Waals surface area contributed by atoms with Gasteiger partial charge in [-0.1, -0.05) is 0 Å². The molecule has 4 rings (SSSR count). The van der Waals surface area contributed by atoms with Crippen LogP contribution in [-0.2, 0) is 0 Å². The Bertz CT molecular complexity index is 753. The van der Waals surface area contributed by atoms with Gasteiger partial charge in [0.2, 0.25) is 0 Å². The minimum Gasteiger partial charge on any atom is -0.330 e. The summed E-state index contributed by atoms with van der Waals surface area (Å²) in [6, 6.07) is 6.58. The minimum absolute atomic E-state index is 0. The first-order valence-corrected chi connectivity index (χ1v) is 8.97. The van der Waals surface area contributed by atoms with Crippen molar-refractivity contribution in [2.45, 2.75) is 31.3 Å². The van der Waals surface area contributed by atoms with Crippen molar-refractivity contribution in [3.63, 3.8) is 0 Å². The maximum absolute atomic E-state index is 13.1. The molecular weight excluding hydrogens is 411 g/mol. The molecule has 0 aliphatic carbocycles. The highest BCUT2D eigenvalue weighted by Gasteiger charge is 2.39. The van der Waals surface area contributed by atoms with E-state index in [2.05, 4.69) is 26.3 Å². The summed E-state index contributed by atoms with van der Waals surface area (Å²) in [5.41, 5.74) is 1.13. The number of rotatable bonds is 2. The molecule has 1 N–H and O–H groups in total. The van der Waals surface area contributed by atoms with Crippen molar-refractivity contribution in [2.75, 3.05) is 13.1 Å². The Morgan fingerprint density at radius 1 is 1.20 bits per heavy atom. The number of hydrogen-bond donors (Lipinski definition) is 1. The Balaban J connectivity index is 0.00000182. The van der Waals surface area contributed by atoms with Gasteiger partial charge in [0, 0.05) is 24.8 Å². The van der Waals surface area contributed by atoms with Gasteiger partial charge in [0.05, 0.1) is 10.2 Å². The molecular formula is C17H19BrClFN4O. The molecule has 1 aromatic heterocycles. The van der Waals surface area contributed by atoms with Gasteiger partial charge in [-0.2, -0.15) is 5.10 Å². The average Bonchev–Trinajstić information content (AvgIpc) is 3.06. The normalized spacial score (nSPS) is 22.4. The zero-order valence-electron chi connectivity index (χ0n) is 13.5. The highest BCUT2D eigenvalue weighted by molar-refractivity contribution is 9.10. The second kappa shape index (κ2) is 7.43. The number of carbonyl (C=O) groups excluding carboxylic acids is 1. The molecule has 3 heterocycles. The van der Waals surface area contributed by atoms with Crippen LogP contribution in [-0.4, -0.2) is 45.8 Å². The molecule has 2 bridgehead atoms. The van der Waals surface area contributed by atoms with Crippen molar-refractivity contribution >= 4 is 34.2 Å². The molecule has 2 fully saturated rings. The molecule has 0 spiro atoms.